The minimum absolute atomic E-state index is 0.108. The molecule has 5 aromatic carbocycles. The van der Waals surface area contributed by atoms with Gasteiger partial charge >= 0.3 is 0 Å². The Morgan fingerprint density at radius 1 is 0.541 bits per heavy atom. The van der Waals surface area contributed by atoms with Crippen LogP contribution in [0, 0.1) is 17.8 Å². The van der Waals surface area contributed by atoms with E-state index < -0.39 is 0 Å². The van der Waals surface area contributed by atoms with Gasteiger partial charge in [0, 0.05) is 100 Å². The first-order valence-corrected chi connectivity index (χ1v) is 31.8. The second kappa shape index (κ2) is 22.6. The highest BCUT2D eigenvalue weighted by molar-refractivity contribution is 9.10. The number of methoxy groups -OCH3 is 2. The number of carbonyl (C=O) groups is 3. The molecule has 8 aromatic rings. The fourth-order valence-corrected chi connectivity index (χ4v) is 16.5. The van der Waals surface area contributed by atoms with Gasteiger partial charge in [-0.15, -0.1) is 0 Å². The molecule has 0 aliphatic carbocycles. The van der Waals surface area contributed by atoms with Crippen molar-refractivity contribution in [2.45, 2.75) is 89.0 Å². The van der Waals surface area contributed by atoms with Crippen molar-refractivity contribution in [1.82, 2.24) is 59.2 Å². The Hall–Kier alpha value is -7.12. The fraction of sp³-hybridized carbons (Fsp3) is 0.463. The number of fused-ring (bicyclic) bond motifs is 9. The SMILES string of the molecule is COc1ccc(Cn2nc3c4c(ccc(Br)c42)C(=O)N([C@@H]2CN4CCC2CC4)CC3)cc1.[2H][2H].[2H]c1ccc2c3c(n[nH]c13)CCN([C@@H]1CN3CCC1CC3)C2=O.[2H]c1ccc2c3c(nn(Cc4ccc(OC)cc4)c13)CCN([C@@H]1CN3CCC1CC3)C2=O. The third-order valence-electron chi connectivity index (χ3n) is 20.6. The summed E-state index contributed by atoms with van der Waals surface area (Å²) in [6.45, 7) is 13.5. The van der Waals surface area contributed by atoms with Crippen LogP contribution in [-0.4, -0.2) is 188 Å². The summed E-state index contributed by atoms with van der Waals surface area (Å²) in [4.78, 5) is 54.6. The molecular weight excluding hydrogens is 1130 g/mol. The number of rotatable bonds is 9. The number of ether oxygens (including phenoxy) is 2. The lowest BCUT2D eigenvalue weighted by Gasteiger charge is -2.49. The topological polar surface area (TPSA) is 153 Å². The molecule has 0 spiro atoms. The summed E-state index contributed by atoms with van der Waals surface area (Å²) in [6, 6.07) is 28.9. The summed E-state index contributed by atoms with van der Waals surface area (Å²) in [5.41, 5.74) is 9.83. The van der Waals surface area contributed by atoms with Crippen LogP contribution in [0.3, 0.4) is 0 Å². The van der Waals surface area contributed by atoms with Crippen molar-refractivity contribution >= 4 is 66.4 Å². The standard InChI is InChI=1S/C25H27BrN4O2.C25H28N4O2.C17H20N4O.H2/c1-32-18-4-2-16(3-5-18)14-30-24-20(26)7-6-19-23(24)21(27-30)10-13-29(25(19)31)22-15-28-11-8-17(22)9-12-28;1-31-19-7-5-17(6-8-19)15-29-22-4-2-3-20-24(22)21(26-29)11-14-28(25(20)30)23-16-27-12-9-18(23)10-13-27;22-17-12-2-1-3-13-16(12)14(19-18-13)6-9-21(17)15-10-20-7-4-11(15)5-8-20;/h2-7,17,22H,8-15H2,1H3;2-8,18,23H,9-16H2,1H3;1-3,11,15H,4-10H2,(H,18,19);1H/t22-;23-;15-;/m111./s1/i;4D;3D;1+1D. The van der Waals surface area contributed by atoms with Crippen LogP contribution in [0.25, 0.3) is 32.7 Å². The van der Waals surface area contributed by atoms with Gasteiger partial charge in [0.2, 0.25) is 0 Å². The zero-order valence-electron chi connectivity index (χ0n) is 52.6. The smallest absolute Gasteiger partial charge is 0.254 e. The van der Waals surface area contributed by atoms with E-state index in [0.29, 0.717) is 84.2 Å². The van der Waals surface area contributed by atoms with Gasteiger partial charge in [-0.05, 0) is 183 Å². The minimum Gasteiger partial charge on any atom is -0.497 e. The third kappa shape index (κ3) is 9.98. The molecule has 442 valence electrons. The largest absolute Gasteiger partial charge is 0.497 e. The number of benzene rings is 5. The lowest BCUT2D eigenvalue weighted by atomic mass is 9.83. The Kier molecular flexibility index (Phi) is 13.6. The first-order chi connectivity index (χ1) is 43.5. The highest BCUT2D eigenvalue weighted by Crippen LogP contribution is 2.40. The zero-order valence-corrected chi connectivity index (χ0v) is 50.2. The summed E-state index contributed by atoms with van der Waals surface area (Å²) >= 11 is 3.74. The Bertz CT molecular complexity index is 3780. The van der Waals surface area contributed by atoms with E-state index in [1.807, 2.05) is 70.0 Å². The van der Waals surface area contributed by atoms with Crippen molar-refractivity contribution in [2.24, 2.45) is 17.8 Å². The van der Waals surface area contributed by atoms with Crippen LogP contribution in [0.2, 0.25) is 0 Å². The van der Waals surface area contributed by atoms with E-state index >= 15 is 0 Å². The van der Waals surface area contributed by atoms with Gasteiger partial charge in [0.25, 0.3) is 17.7 Å². The number of piperidine rings is 9. The van der Waals surface area contributed by atoms with Gasteiger partial charge in [-0.2, -0.15) is 15.3 Å². The molecule has 9 saturated heterocycles. The summed E-state index contributed by atoms with van der Waals surface area (Å²) in [6.07, 6.45) is 9.52. The van der Waals surface area contributed by atoms with Crippen LogP contribution in [0.4, 0.5) is 0 Å². The maximum Gasteiger partial charge on any atom is 0.254 e. The van der Waals surface area contributed by atoms with Gasteiger partial charge in [0.1, 0.15) is 11.5 Å². The monoisotopic (exact) mass is 1210 g/mol. The Labute approximate surface area is 510 Å². The number of aromatic nitrogens is 6. The molecule has 3 atom stereocenters. The normalized spacial score (nSPS) is 26.9. The molecule has 18 heteroatoms. The van der Waals surface area contributed by atoms with E-state index in [0.717, 1.165) is 129 Å². The van der Waals surface area contributed by atoms with E-state index in [9.17, 15) is 14.4 Å². The lowest BCUT2D eigenvalue weighted by Crippen LogP contribution is -2.58. The number of hydrogen-bond donors (Lipinski definition) is 1. The molecule has 9 fully saturated rings. The molecule has 20 rings (SSSR count). The molecule has 17 nitrogen and oxygen atoms in total. The van der Waals surface area contributed by atoms with Crippen LogP contribution >= 0.6 is 15.9 Å². The van der Waals surface area contributed by atoms with Crippen LogP contribution in [-0.2, 0) is 32.4 Å². The molecule has 1 N–H and O–H groups in total. The van der Waals surface area contributed by atoms with E-state index in [2.05, 4.69) is 67.7 Å². The predicted molar refractivity (Wildman–Crippen MR) is 333 cm³/mol. The predicted octanol–water partition coefficient (Wildman–Crippen LogP) is 9.04. The van der Waals surface area contributed by atoms with Gasteiger partial charge < -0.3 is 38.9 Å². The summed E-state index contributed by atoms with van der Waals surface area (Å²) < 4.78 is 42.1. The minimum atomic E-state index is 0.108. The van der Waals surface area contributed by atoms with Crippen molar-refractivity contribution in [2.75, 3.05) is 92.8 Å². The van der Waals surface area contributed by atoms with Crippen LogP contribution in [0.15, 0.2) is 101 Å². The van der Waals surface area contributed by atoms with Gasteiger partial charge in [0.15, 0.2) is 0 Å². The summed E-state index contributed by atoms with van der Waals surface area (Å²) in [7, 11) is 3.33. The molecule has 12 aliphatic rings. The van der Waals surface area contributed by atoms with Crippen molar-refractivity contribution in [3.63, 3.8) is 0 Å². The average molecular weight is 1210 g/mol. The number of halogens is 1. The molecule has 0 unspecified atom stereocenters. The van der Waals surface area contributed by atoms with Gasteiger partial charge in [0.05, 0.1) is 80.4 Å². The van der Waals surface area contributed by atoms with Crippen molar-refractivity contribution in [3.8, 4) is 11.5 Å². The quantitative estimate of drug-likeness (QED) is 0.147. The number of hydrogen-bond acceptors (Lipinski definition) is 11. The van der Waals surface area contributed by atoms with Crippen molar-refractivity contribution in [1.29, 1.82) is 0 Å². The number of aromatic amines is 1. The molecule has 0 radical (unpaired) electrons. The van der Waals surface area contributed by atoms with Gasteiger partial charge in [-0.3, -0.25) is 28.8 Å². The van der Waals surface area contributed by atoms with E-state index in [4.69, 9.17) is 25.4 Å². The molecule has 3 aromatic heterocycles. The van der Waals surface area contributed by atoms with Gasteiger partial charge in [-0.1, -0.05) is 36.4 Å². The number of nitrogens with one attached hydrogen (secondary N) is 1. The molecular formula is C67H77BrN12O5. The van der Waals surface area contributed by atoms with Crippen LogP contribution in [0.5, 0.6) is 11.5 Å². The van der Waals surface area contributed by atoms with Crippen molar-refractivity contribution < 1.29 is 29.6 Å². The fourth-order valence-electron chi connectivity index (χ4n) is 16.0. The Balaban J connectivity index is 0.000000117. The maximum absolute atomic E-state index is 13.8. The van der Waals surface area contributed by atoms with Crippen LogP contribution < -0.4 is 9.47 Å². The number of nitrogens with zero attached hydrogens (tertiary/aromatic N) is 11. The second-order valence-electron chi connectivity index (χ2n) is 25.0. The number of amides is 3. The second-order valence-corrected chi connectivity index (χ2v) is 25.9. The average Bonchev–Trinajstić information content (AvgIpc) is 2.22. The lowest BCUT2D eigenvalue weighted by molar-refractivity contribution is 0.00796. The van der Waals surface area contributed by atoms with E-state index in [1.54, 1.807) is 26.4 Å². The first-order valence-electron chi connectivity index (χ1n) is 33.0. The van der Waals surface area contributed by atoms with E-state index in [-0.39, 0.29) is 17.7 Å². The first kappa shape index (κ1) is 51.1. The Morgan fingerprint density at radius 2 is 0.976 bits per heavy atom. The highest BCUT2D eigenvalue weighted by Gasteiger charge is 2.44. The molecule has 0 saturated carbocycles. The molecule has 3 amide bonds. The molecule has 85 heavy (non-hydrogen) atoms. The van der Waals surface area contributed by atoms with Crippen LogP contribution in [0.1, 0.15) is 104 Å². The maximum atomic E-state index is 13.8. The Morgan fingerprint density at radius 3 is 1.46 bits per heavy atom. The molecule has 6 bridgehead atoms. The molecule has 15 heterocycles. The van der Waals surface area contributed by atoms with E-state index in [1.165, 1.54) is 77.8 Å². The summed E-state index contributed by atoms with van der Waals surface area (Å²) in [5.74, 6) is 3.94. The summed E-state index contributed by atoms with van der Waals surface area (Å²) in [5, 5.41) is 20.0. The van der Waals surface area contributed by atoms with Crippen molar-refractivity contribution in [3.05, 3.63) is 146 Å². The zero-order chi connectivity index (χ0) is 61.2. The molecule has 12 aliphatic heterocycles. The highest BCUT2D eigenvalue weighted by atomic mass is 79.9. The number of H-pyrrole nitrogens is 1. The number of carbonyl (C=O) groups excluding carboxylic acids is 3. The third-order valence-corrected chi connectivity index (χ3v) is 21.2. The van der Waals surface area contributed by atoms with Gasteiger partial charge in [-0.25, -0.2) is 0 Å².